The Hall–Kier alpha value is -3.85. The molecule has 264 valence electrons. The van der Waals surface area contributed by atoms with Gasteiger partial charge in [0.05, 0.1) is 30.3 Å². The zero-order valence-electron chi connectivity index (χ0n) is 28.1. The second-order valence-corrected chi connectivity index (χ2v) is 13.4. The molecule has 9 atom stereocenters. The number of hydrogen-bond donors (Lipinski definition) is 4. The molecule has 0 amide bonds. The number of carbonyl (C=O) groups is 5. The van der Waals surface area contributed by atoms with Crippen LogP contribution in [0.3, 0.4) is 0 Å². The minimum Gasteiger partial charge on any atom is -0.459 e. The highest BCUT2D eigenvalue weighted by Gasteiger charge is 2.76. The molecule has 3 aliphatic rings. The monoisotopic (exact) mass is 676 g/mol. The smallest absolute Gasteiger partial charge is 0.459 e. The van der Waals surface area contributed by atoms with Gasteiger partial charge in [-0.3, -0.25) is 14.4 Å². The van der Waals surface area contributed by atoms with Crippen molar-refractivity contribution in [2.24, 2.45) is 16.7 Å². The van der Waals surface area contributed by atoms with Gasteiger partial charge in [0.1, 0.15) is 29.5 Å². The molecular formula is C34H44O14. The molecule has 4 rings (SSSR count). The predicted octanol–water partition coefficient (Wildman–Crippen LogP) is 1.79. The van der Waals surface area contributed by atoms with Crippen LogP contribution in [0.2, 0.25) is 0 Å². The van der Waals surface area contributed by atoms with E-state index in [2.05, 4.69) is 0 Å². The first-order valence-electron chi connectivity index (χ1n) is 15.7. The van der Waals surface area contributed by atoms with Crippen molar-refractivity contribution in [2.45, 2.75) is 103 Å². The lowest BCUT2D eigenvalue weighted by molar-refractivity contribution is -0.288. The van der Waals surface area contributed by atoms with E-state index >= 15 is 4.79 Å². The van der Waals surface area contributed by atoms with Crippen LogP contribution < -0.4 is 0 Å². The number of aliphatic hydroxyl groups is 4. The summed E-state index contributed by atoms with van der Waals surface area (Å²) < 4.78 is 27.9. The van der Waals surface area contributed by atoms with Crippen LogP contribution in [0.25, 0.3) is 0 Å². The molecule has 2 bridgehead atoms. The largest absolute Gasteiger partial charge is 0.508 e. The molecule has 4 N–H and O–H groups in total. The molecule has 14 heteroatoms. The van der Waals surface area contributed by atoms with E-state index in [9.17, 15) is 39.6 Å². The minimum absolute atomic E-state index is 0.00826. The molecule has 0 aliphatic heterocycles. The van der Waals surface area contributed by atoms with Crippen molar-refractivity contribution in [3.63, 3.8) is 0 Å². The Morgan fingerprint density at radius 2 is 1.52 bits per heavy atom. The number of hydrogen-bond acceptors (Lipinski definition) is 14. The number of rotatable bonds is 7. The number of carbonyl (C=O) groups excluding carboxylic acids is 5. The SMILES string of the molecule is CCOC(=O)O[C@H]1C[C@H](OC(C)=O)[C@@](O)(CO)[C@H]2[C@H](OC(=O)c3ccccc3)[C@]3(O)C[C@H](O)C(C)=C([C@@H](OC(C)=O)C(=O)[C@]12C)C3(C)C. The summed E-state index contributed by atoms with van der Waals surface area (Å²) in [7, 11) is 0. The van der Waals surface area contributed by atoms with Crippen molar-refractivity contribution in [1.29, 1.82) is 0 Å². The first-order chi connectivity index (χ1) is 22.3. The third-order valence-electron chi connectivity index (χ3n) is 10.4. The Balaban J connectivity index is 2.15. The van der Waals surface area contributed by atoms with E-state index in [1.165, 1.54) is 46.8 Å². The van der Waals surface area contributed by atoms with Gasteiger partial charge in [0.2, 0.25) is 0 Å². The van der Waals surface area contributed by atoms with Gasteiger partial charge in [-0.1, -0.05) is 32.0 Å². The summed E-state index contributed by atoms with van der Waals surface area (Å²) in [6.45, 7) is 8.04. The molecule has 2 fully saturated rings. The highest BCUT2D eigenvalue weighted by Crippen LogP contribution is 2.62. The molecule has 0 heterocycles. The van der Waals surface area contributed by atoms with Gasteiger partial charge < -0.3 is 44.1 Å². The van der Waals surface area contributed by atoms with Crippen LogP contribution in [0.15, 0.2) is 41.5 Å². The van der Waals surface area contributed by atoms with E-state index in [0.29, 0.717) is 0 Å². The summed E-state index contributed by atoms with van der Waals surface area (Å²) in [4.78, 5) is 66.8. The lowest BCUT2D eigenvalue weighted by Crippen LogP contribution is -2.78. The van der Waals surface area contributed by atoms with Crippen LogP contribution in [0.1, 0.15) is 71.7 Å². The minimum atomic E-state index is -2.67. The Bertz CT molecular complexity index is 1490. The van der Waals surface area contributed by atoms with Gasteiger partial charge in [-0.15, -0.1) is 0 Å². The molecule has 1 aromatic carbocycles. The average Bonchev–Trinajstić information content (AvgIpc) is 3.00. The van der Waals surface area contributed by atoms with E-state index in [1.54, 1.807) is 18.2 Å². The molecule has 3 aliphatic carbocycles. The Kier molecular flexibility index (Phi) is 10.2. The third-order valence-corrected chi connectivity index (χ3v) is 10.4. The molecule has 0 saturated heterocycles. The summed E-state index contributed by atoms with van der Waals surface area (Å²) in [5.41, 5.74) is -8.72. The summed E-state index contributed by atoms with van der Waals surface area (Å²) in [6.07, 6.45) is -10.9. The van der Waals surface area contributed by atoms with Gasteiger partial charge in [0.15, 0.2) is 11.9 Å². The normalized spacial score (nSPS) is 35.7. The second-order valence-electron chi connectivity index (χ2n) is 13.4. The van der Waals surface area contributed by atoms with Gasteiger partial charge in [-0.25, -0.2) is 9.59 Å². The van der Waals surface area contributed by atoms with E-state index in [-0.39, 0.29) is 23.3 Å². The fraction of sp³-hybridized carbons (Fsp3) is 0.618. The maximum absolute atomic E-state index is 15.2. The lowest BCUT2D eigenvalue weighted by Gasteiger charge is -2.64. The topological polar surface area (TPSA) is 212 Å². The molecule has 2 saturated carbocycles. The molecule has 0 aromatic heterocycles. The Labute approximate surface area is 277 Å². The van der Waals surface area contributed by atoms with Gasteiger partial charge in [0.25, 0.3) is 0 Å². The van der Waals surface area contributed by atoms with Crippen LogP contribution in [0.5, 0.6) is 0 Å². The highest BCUT2D eigenvalue weighted by molar-refractivity contribution is 5.95. The Morgan fingerprint density at radius 1 is 0.917 bits per heavy atom. The summed E-state index contributed by atoms with van der Waals surface area (Å²) in [5.74, 6) is -5.73. The summed E-state index contributed by atoms with van der Waals surface area (Å²) >= 11 is 0. The van der Waals surface area contributed by atoms with Crippen molar-refractivity contribution in [2.75, 3.05) is 13.2 Å². The van der Waals surface area contributed by atoms with Crippen LogP contribution in [0.4, 0.5) is 4.79 Å². The molecule has 48 heavy (non-hydrogen) atoms. The maximum Gasteiger partial charge on any atom is 0.508 e. The highest BCUT2D eigenvalue weighted by atomic mass is 16.7. The number of benzene rings is 1. The average molecular weight is 677 g/mol. The van der Waals surface area contributed by atoms with Gasteiger partial charge in [-0.2, -0.15) is 0 Å². The number of ketones is 1. The van der Waals surface area contributed by atoms with Crippen LogP contribution in [-0.4, -0.2) is 105 Å². The fourth-order valence-electron chi connectivity index (χ4n) is 7.95. The number of ether oxygens (including phenoxy) is 5. The zero-order valence-corrected chi connectivity index (χ0v) is 28.1. The molecular weight excluding hydrogens is 632 g/mol. The number of aliphatic hydroxyl groups excluding tert-OH is 2. The lowest BCUT2D eigenvalue weighted by atomic mass is 9.45. The Morgan fingerprint density at radius 3 is 2.06 bits per heavy atom. The number of esters is 3. The van der Waals surface area contributed by atoms with Crippen molar-refractivity contribution in [1.82, 2.24) is 0 Å². The molecule has 1 aromatic rings. The molecule has 14 nitrogen and oxygen atoms in total. The molecule has 0 radical (unpaired) electrons. The number of Topliss-reactive ketones (excluding diaryl/α,β-unsaturated/α-hetero) is 1. The van der Waals surface area contributed by atoms with Gasteiger partial charge in [-0.05, 0) is 44.1 Å². The van der Waals surface area contributed by atoms with Crippen molar-refractivity contribution in [3.8, 4) is 0 Å². The van der Waals surface area contributed by atoms with Gasteiger partial charge >= 0.3 is 24.1 Å². The summed E-state index contributed by atoms with van der Waals surface area (Å²) in [5, 5.41) is 47.8. The van der Waals surface area contributed by atoms with E-state index in [0.717, 1.165) is 13.8 Å². The van der Waals surface area contributed by atoms with Crippen LogP contribution in [-0.2, 0) is 38.1 Å². The second kappa shape index (κ2) is 13.2. The molecule has 0 unspecified atom stereocenters. The third kappa shape index (κ3) is 5.88. The van der Waals surface area contributed by atoms with Crippen molar-refractivity contribution in [3.05, 3.63) is 47.0 Å². The van der Waals surface area contributed by atoms with Crippen molar-refractivity contribution < 1.29 is 68.1 Å². The zero-order chi connectivity index (χ0) is 36.0. The van der Waals surface area contributed by atoms with E-state index in [1.807, 2.05) is 0 Å². The first kappa shape index (κ1) is 37.0. The summed E-state index contributed by atoms with van der Waals surface area (Å²) in [6, 6.07) is 7.63. The molecule has 0 spiro atoms. The van der Waals surface area contributed by atoms with Crippen LogP contribution >= 0.6 is 0 Å². The van der Waals surface area contributed by atoms with E-state index < -0.39 is 108 Å². The maximum atomic E-state index is 15.2. The first-order valence-corrected chi connectivity index (χ1v) is 15.7. The van der Waals surface area contributed by atoms with E-state index in [4.69, 9.17) is 23.7 Å². The van der Waals surface area contributed by atoms with Gasteiger partial charge in [0, 0.05) is 38.0 Å². The number of fused-ring (bicyclic) bond motifs is 3. The van der Waals surface area contributed by atoms with Crippen molar-refractivity contribution >= 4 is 29.8 Å². The van der Waals surface area contributed by atoms with Crippen LogP contribution in [0, 0.1) is 16.7 Å². The fourth-order valence-corrected chi connectivity index (χ4v) is 7.95. The standard InChI is InChI=1S/C34H44O14/c1-8-44-30(41)47-22-14-23(45-18(3)36)33(42,16-35)26-28(48-29(40)20-12-10-9-11-13-20)34(43)15-21(38)17(2)24(31(34,5)6)25(46-19(4)37)27(39)32(22,26)7/h9-13,21-23,25-26,28,35,38,42-43H,8,14-16H2,1-7H3/t21-,22-,23-,25+,26-,28-,32+,33-,34+/m0/s1. The predicted molar refractivity (Wildman–Crippen MR) is 164 cm³/mol. The quantitative estimate of drug-likeness (QED) is 0.184.